The van der Waals surface area contributed by atoms with Crippen LogP contribution in [0.3, 0.4) is 0 Å². The molecule has 0 radical (unpaired) electrons. The van der Waals surface area contributed by atoms with Crippen molar-refractivity contribution in [2.75, 3.05) is 25.0 Å². The van der Waals surface area contributed by atoms with E-state index < -0.39 is 0 Å². The number of rotatable bonds is 9. The molecule has 0 aromatic heterocycles. The summed E-state index contributed by atoms with van der Waals surface area (Å²) in [5.41, 5.74) is 1.42. The van der Waals surface area contributed by atoms with Crippen molar-refractivity contribution in [3.8, 4) is 5.75 Å². The fourth-order valence-electron chi connectivity index (χ4n) is 2.59. The minimum absolute atomic E-state index is 0.00256. The van der Waals surface area contributed by atoms with E-state index in [1.807, 2.05) is 51.1 Å². The van der Waals surface area contributed by atoms with Gasteiger partial charge in [-0.2, -0.15) is 0 Å². The van der Waals surface area contributed by atoms with Crippen LogP contribution in [0.15, 0.2) is 53.5 Å². The van der Waals surface area contributed by atoms with Crippen LogP contribution in [0.4, 0.5) is 10.1 Å². The first kappa shape index (κ1) is 22.2. The van der Waals surface area contributed by atoms with Gasteiger partial charge in [-0.05, 0) is 63.1 Å². The number of guanidine groups is 1. The van der Waals surface area contributed by atoms with Crippen molar-refractivity contribution in [2.24, 2.45) is 4.99 Å². The summed E-state index contributed by atoms with van der Waals surface area (Å²) in [5, 5.41) is 9.03. The number of carbonyl (C=O) groups excluding carboxylic acids is 1. The van der Waals surface area contributed by atoms with Gasteiger partial charge in [-0.15, -0.1) is 0 Å². The molecule has 156 valence electrons. The Morgan fingerprint density at radius 1 is 1.10 bits per heavy atom. The first-order valence-corrected chi connectivity index (χ1v) is 9.80. The predicted octanol–water partition coefficient (Wildman–Crippen LogP) is 3.35. The Morgan fingerprint density at radius 3 is 2.48 bits per heavy atom. The van der Waals surface area contributed by atoms with E-state index in [0.717, 1.165) is 11.4 Å². The number of amides is 1. The minimum atomic E-state index is -0.233. The van der Waals surface area contributed by atoms with Crippen LogP contribution in [0.2, 0.25) is 0 Å². The molecular formula is C22H29FN4O2. The fourth-order valence-corrected chi connectivity index (χ4v) is 2.59. The molecule has 0 atom stereocenters. The molecule has 2 aromatic carbocycles. The van der Waals surface area contributed by atoms with Crippen molar-refractivity contribution in [1.82, 2.24) is 10.6 Å². The standard InChI is InChI=1S/C22H29FN4O2/c1-4-24-21(28)15-26-22(25-14-13-17-7-5-6-8-20(17)23)27-18-9-11-19(12-10-18)29-16(2)3/h5-12,16H,4,13-15H2,1-3H3,(H,24,28)(H2,25,26,27). The summed E-state index contributed by atoms with van der Waals surface area (Å²) in [6, 6.07) is 14.1. The summed E-state index contributed by atoms with van der Waals surface area (Å²) in [6.45, 7) is 6.81. The van der Waals surface area contributed by atoms with Gasteiger partial charge in [0.1, 0.15) is 18.1 Å². The Morgan fingerprint density at radius 2 is 1.83 bits per heavy atom. The molecule has 2 rings (SSSR count). The average Bonchev–Trinajstić information content (AvgIpc) is 2.68. The second kappa shape index (κ2) is 11.7. The maximum Gasteiger partial charge on any atom is 0.241 e. The number of hydrogen-bond acceptors (Lipinski definition) is 3. The van der Waals surface area contributed by atoms with Crippen LogP contribution in [0.25, 0.3) is 0 Å². The van der Waals surface area contributed by atoms with Gasteiger partial charge in [0, 0.05) is 18.8 Å². The summed E-state index contributed by atoms with van der Waals surface area (Å²) in [5.74, 6) is 0.830. The van der Waals surface area contributed by atoms with Gasteiger partial charge in [0.25, 0.3) is 0 Å². The Balaban J connectivity index is 2.01. The molecule has 3 N–H and O–H groups in total. The minimum Gasteiger partial charge on any atom is -0.491 e. The molecule has 0 saturated carbocycles. The van der Waals surface area contributed by atoms with Crippen molar-refractivity contribution >= 4 is 17.6 Å². The average molecular weight is 400 g/mol. The summed E-state index contributed by atoms with van der Waals surface area (Å²) in [7, 11) is 0. The lowest BCUT2D eigenvalue weighted by Crippen LogP contribution is -2.34. The highest BCUT2D eigenvalue weighted by Gasteiger charge is 2.06. The summed E-state index contributed by atoms with van der Waals surface area (Å²) < 4.78 is 19.4. The third-order valence-electron chi connectivity index (χ3n) is 3.89. The molecule has 0 spiro atoms. The third-order valence-corrected chi connectivity index (χ3v) is 3.89. The number of aliphatic imine (C=N–C) groups is 1. The van der Waals surface area contributed by atoms with Gasteiger partial charge >= 0.3 is 0 Å². The molecule has 0 heterocycles. The number of hydrogen-bond donors (Lipinski definition) is 3. The van der Waals surface area contributed by atoms with Gasteiger partial charge in [0.05, 0.1) is 6.10 Å². The molecule has 7 heteroatoms. The third kappa shape index (κ3) is 8.21. The lowest BCUT2D eigenvalue weighted by atomic mass is 10.1. The Kier molecular flexibility index (Phi) is 8.95. The number of anilines is 1. The maximum atomic E-state index is 13.8. The van der Waals surface area contributed by atoms with E-state index in [2.05, 4.69) is 20.9 Å². The molecule has 0 unspecified atom stereocenters. The highest BCUT2D eigenvalue weighted by atomic mass is 19.1. The molecule has 0 aliphatic heterocycles. The largest absolute Gasteiger partial charge is 0.491 e. The van der Waals surface area contributed by atoms with Crippen LogP contribution in [0, 0.1) is 5.82 Å². The lowest BCUT2D eigenvalue weighted by molar-refractivity contribution is -0.119. The number of ether oxygens (including phenoxy) is 1. The SMILES string of the molecule is CCNC(=O)CN=C(NCCc1ccccc1F)Nc1ccc(OC(C)C)cc1. The van der Waals surface area contributed by atoms with E-state index in [0.29, 0.717) is 31.0 Å². The van der Waals surface area contributed by atoms with E-state index in [4.69, 9.17) is 4.74 Å². The van der Waals surface area contributed by atoms with Gasteiger partial charge in [0.2, 0.25) is 5.91 Å². The normalized spacial score (nSPS) is 11.3. The van der Waals surface area contributed by atoms with Crippen LogP contribution in [0.1, 0.15) is 26.3 Å². The molecule has 29 heavy (non-hydrogen) atoms. The first-order chi connectivity index (χ1) is 14.0. The summed E-state index contributed by atoms with van der Waals surface area (Å²) in [4.78, 5) is 16.1. The van der Waals surface area contributed by atoms with Gasteiger partial charge in [-0.3, -0.25) is 4.79 Å². The molecule has 0 saturated heterocycles. The van der Waals surface area contributed by atoms with Crippen molar-refractivity contribution in [2.45, 2.75) is 33.3 Å². The van der Waals surface area contributed by atoms with Crippen LogP contribution in [-0.4, -0.2) is 37.6 Å². The van der Waals surface area contributed by atoms with Crippen LogP contribution in [-0.2, 0) is 11.2 Å². The molecule has 0 fully saturated rings. The van der Waals surface area contributed by atoms with Gasteiger partial charge in [0.15, 0.2) is 5.96 Å². The number of nitrogens with one attached hydrogen (secondary N) is 3. The molecule has 1 amide bonds. The second-order valence-corrected chi connectivity index (χ2v) is 6.70. The number of halogens is 1. The van der Waals surface area contributed by atoms with E-state index in [1.165, 1.54) is 6.07 Å². The second-order valence-electron chi connectivity index (χ2n) is 6.70. The van der Waals surface area contributed by atoms with Gasteiger partial charge < -0.3 is 20.7 Å². The van der Waals surface area contributed by atoms with Gasteiger partial charge in [-0.25, -0.2) is 9.38 Å². The zero-order valence-electron chi connectivity index (χ0n) is 17.2. The smallest absolute Gasteiger partial charge is 0.241 e. The molecule has 0 aliphatic rings. The molecular weight excluding hydrogens is 371 g/mol. The summed E-state index contributed by atoms with van der Waals surface area (Å²) in [6.07, 6.45) is 0.596. The predicted molar refractivity (Wildman–Crippen MR) is 115 cm³/mol. The lowest BCUT2D eigenvalue weighted by Gasteiger charge is -2.14. The number of likely N-dealkylation sites (N-methyl/N-ethyl adjacent to an activating group) is 1. The quantitative estimate of drug-likeness (QED) is 0.446. The monoisotopic (exact) mass is 400 g/mol. The zero-order valence-corrected chi connectivity index (χ0v) is 17.2. The molecule has 6 nitrogen and oxygen atoms in total. The van der Waals surface area contributed by atoms with Crippen molar-refractivity contribution in [3.05, 3.63) is 59.9 Å². The maximum absolute atomic E-state index is 13.8. The zero-order chi connectivity index (χ0) is 21.1. The van der Waals surface area contributed by atoms with Crippen molar-refractivity contribution in [1.29, 1.82) is 0 Å². The van der Waals surface area contributed by atoms with Gasteiger partial charge in [-0.1, -0.05) is 18.2 Å². The topological polar surface area (TPSA) is 74.8 Å². The summed E-state index contributed by atoms with van der Waals surface area (Å²) >= 11 is 0. The molecule has 2 aromatic rings. The highest BCUT2D eigenvalue weighted by molar-refractivity contribution is 5.95. The molecule has 0 aliphatic carbocycles. The Bertz CT molecular complexity index is 807. The van der Waals surface area contributed by atoms with Crippen LogP contribution >= 0.6 is 0 Å². The fraction of sp³-hybridized carbons (Fsp3) is 0.364. The van der Waals surface area contributed by atoms with E-state index in [-0.39, 0.29) is 24.4 Å². The Hall–Kier alpha value is -3.09. The molecule has 0 bridgehead atoms. The van der Waals surface area contributed by atoms with E-state index >= 15 is 0 Å². The first-order valence-electron chi connectivity index (χ1n) is 9.80. The Labute approximate surface area is 171 Å². The van der Waals surface area contributed by atoms with E-state index in [9.17, 15) is 9.18 Å². The number of carbonyl (C=O) groups is 1. The van der Waals surface area contributed by atoms with E-state index in [1.54, 1.807) is 12.1 Å². The number of benzene rings is 2. The van der Waals surface area contributed by atoms with Crippen molar-refractivity contribution in [3.63, 3.8) is 0 Å². The van der Waals surface area contributed by atoms with Crippen LogP contribution in [0.5, 0.6) is 5.75 Å². The highest BCUT2D eigenvalue weighted by Crippen LogP contribution is 2.16. The van der Waals surface area contributed by atoms with Crippen molar-refractivity contribution < 1.29 is 13.9 Å². The number of nitrogens with zero attached hydrogens (tertiary/aromatic N) is 1. The van der Waals surface area contributed by atoms with Crippen LogP contribution < -0.4 is 20.7 Å².